The quantitative estimate of drug-likeness (QED) is 0.652. The first kappa shape index (κ1) is 23.3. The molecule has 0 aromatic heterocycles. The molecule has 5 nitrogen and oxygen atoms in total. The highest BCUT2D eigenvalue weighted by atomic mass is 35.5. The first-order chi connectivity index (χ1) is 11.3. The fraction of sp³-hybridized carbons (Fsp3) is 0.556. The van der Waals surface area contributed by atoms with Crippen LogP contribution in [-0.4, -0.2) is 23.9 Å². The molecule has 0 saturated heterocycles. The fourth-order valence-corrected chi connectivity index (χ4v) is 2.41. The third-order valence-corrected chi connectivity index (χ3v) is 4.22. The highest BCUT2D eigenvalue weighted by molar-refractivity contribution is 5.96. The Hall–Kier alpha value is -1.66. The Morgan fingerprint density at radius 1 is 1.24 bits per heavy atom. The summed E-state index contributed by atoms with van der Waals surface area (Å²) in [5.41, 5.74) is 5.56. The maximum Gasteiger partial charge on any atom is 0.251 e. The second-order valence-electron chi connectivity index (χ2n) is 6.49. The van der Waals surface area contributed by atoms with Crippen molar-refractivity contribution < 1.29 is 14.0 Å². The summed E-state index contributed by atoms with van der Waals surface area (Å²) in [6.45, 7) is 8.04. The van der Waals surface area contributed by atoms with Gasteiger partial charge in [0, 0.05) is 18.5 Å². The molecule has 7 heteroatoms. The Balaban J connectivity index is 0.00000576. The van der Waals surface area contributed by atoms with Crippen molar-refractivity contribution in [3.63, 3.8) is 0 Å². The van der Waals surface area contributed by atoms with Crippen LogP contribution in [0.5, 0.6) is 0 Å². The van der Waals surface area contributed by atoms with Crippen molar-refractivity contribution in [3.05, 3.63) is 29.6 Å². The second kappa shape index (κ2) is 10.4. The minimum Gasteiger partial charge on any atom is -0.345 e. The third-order valence-electron chi connectivity index (χ3n) is 4.22. The van der Waals surface area contributed by atoms with E-state index < -0.39 is 11.4 Å². The van der Waals surface area contributed by atoms with Gasteiger partial charge in [0.05, 0.1) is 11.2 Å². The average Bonchev–Trinajstić information content (AvgIpc) is 2.53. The number of halogens is 2. The Kier molecular flexibility index (Phi) is 9.67. The molecule has 0 fully saturated rings. The molecule has 142 valence electrons. The molecule has 0 aliphatic heterocycles. The first-order valence-electron chi connectivity index (χ1n) is 8.38. The highest BCUT2D eigenvalue weighted by Gasteiger charge is 2.27. The van der Waals surface area contributed by atoms with Crippen LogP contribution in [-0.2, 0) is 4.79 Å². The summed E-state index contributed by atoms with van der Waals surface area (Å²) in [5.74, 6) is -1.07. The topological polar surface area (TPSA) is 84.2 Å². The van der Waals surface area contributed by atoms with Crippen LogP contribution in [0.1, 0.15) is 57.3 Å². The molecule has 0 bridgehead atoms. The van der Waals surface area contributed by atoms with E-state index in [2.05, 4.69) is 10.6 Å². The molecule has 1 rings (SSSR count). The molecule has 0 spiro atoms. The molecule has 1 aromatic rings. The van der Waals surface area contributed by atoms with Crippen LogP contribution in [0.15, 0.2) is 18.2 Å². The normalized spacial score (nSPS) is 11.0. The summed E-state index contributed by atoms with van der Waals surface area (Å²) in [4.78, 5) is 24.1. The van der Waals surface area contributed by atoms with Gasteiger partial charge in [-0.3, -0.25) is 9.59 Å². The van der Waals surface area contributed by atoms with E-state index in [1.165, 1.54) is 12.1 Å². The van der Waals surface area contributed by atoms with E-state index >= 15 is 0 Å². The number of benzene rings is 1. The Labute approximate surface area is 155 Å². The van der Waals surface area contributed by atoms with Crippen molar-refractivity contribution >= 4 is 29.9 Å². The number of hydrogen-bond donors (Lipinski definition) is 3. The molecule has 0 aliphatic carbocycles. The molecular weight excluding hydrogens is 345 g/mol. The van der Waals surface area contributed by atoms with Gasteiger partial charge in [-0.15, -0.1) is 12.4 Å². The van der Waals surface area contributed by atoms with E-state index in [1.54, 1.807) is 0 Å². The Morgan fingerprint density at radius 3 is 2.28 bits per heavy atom. The van der Waals surface area contributed by atoms with Gasteiger partial charge >= 0.3 is 0 Å². The van der Waals surface area contributed by atoms with Crippen molar-refractivity contribution in [2.24, 2.45) is 11.7 Å². The first-order valence-corrected chi connectivity index (χ1v) is 8.38. The van der Waals surface area contributed by atoms with Crippen molar-refractivity contribution in [2.75, 3.05) is 11.9 Å². The van der Waals surface area contributed by atoms with Crippen molar-refractivity contribution in [1.29, 1.82) is 0 Å². The number of hydrogen-bond acceptors (Lipinski definition) is 3. The molecule has 1 aromatic carbocycles. The molecule has 4 N–H and O–H groups in total. The summed E-state index contributed by atoms with van der Waals surface area (Å²) < 4.78 is 14.2. The highest BCUT2D eigenvalue weighted by Crippen LogP contribution is 2.19. The molecule has 0 saturated carbocycles. The van der Waals surface area contributed by atoms with Gasteiger partial charge in [0.1, 0.15) is 5.82 Å². The van der Waals surface area contributed by atoms with Gasteiger partial charge in [-0.2, -0.15) is 0 Å². The van der Waals surface area contributed by atoms with Gasteiger partial charge < -0.3 is 16.4 Å². The van der Waals surface area contributed by atoms with Gasteiger partial charge in [0.2, 0.25) is 5.91 Å². The zero-order chi connectivity index (χ0) is 18.3. The minimum atomic E-state index is -0.633. The smallest absolute Gasteiger partial charge is 0.251 e. The fourth-order valence-electron chi connectivity index (χ4n) is 2.41. The lowest BCUT2D eigenvalue weighted by molar-refractivity contribution is -0.116. The van der Waals surface area contributed by atoms with E-state index in [0.717, 1.165) is 6.07 Å². The molecule has 0 radical (unpaired) electrons. The Morgan fingerprint density at radius 2 is 1.84 bits per heavy atom. The van der Waals surface area contributed by atoms with Gasteiger partial charge in [-0.1, -0.05) is 27.7 Å². The standard InChI is InChI=1S/C18H28FN3O2.ClH/c1-5-18(6-2,11-20)22-17(24)13-7-8-15(14(19)10-13)21-16(23)9-12(3)4;/h7-8,10,12H,5-6,9,11,20H2,1-4H3,(H,21,23)(H,22,24);1H. The minimum absolute atomic E-state index is 0. The van der Waals surface area contributed by atoms with E-state index in [4.69, 9.17) is 5.73 Å². The largest absolute Gasteiger partial charge is 0.345 e. The van der Waals surface area contributed by atoms with Crippen molar-refractivity contribution in [1.82, 2.24) is 5.32 Å². The predicted molar refractivity (Wildman–Crippen MR) is 102 cm³/mol. The summed E-state index contributed by atoms with van der Waals surface area (Å²) >= 11 is 0. The number of amides is 2. The molecule has 0 atom stereocenters. The summed E-state index contributed by atoms with van der Waals surface area (Å²) in [6, 6.07) is 4.04. The van der Waals surface area contributed by atoms with Crippen LogP contribution in [0.3, 0.4) is 0 Å². The second-order valence-corrected chi connectivity index (χ2v) is 6.49. The van der Waals surface area contributed by atoms with Crippen LogP contribution < -0.4 is 16.4 Å². The number of rotatable bonds is 8. The lowest BCUT2D eigenvalue weighted by Crippen LogP contribution is -2.52. The summed E-state index contributed by atoms with van der Waals surface area (Å²) in [6.07, 6.45) is 1.70. The van der Waals surface area contributed by atoms with Gasteiger partial charge in [-0.05, 0) is 37.0 Å². The monoisotopic (exact) mass is 373 g/mol. The molecular formula is C18H29ClFN3O2. The lowest BCUT2D eigenvalue weighted by atomic mass is 9.92. The van der Waals surface area contributed by atoms with Crippen LogP contribution in [0.25, 0.3) is 0 Å². The summed E-state index contributed by atoms with van der Waals surface area (Å²) in [7, 11) is 0. The molecule has 25 heavy (non-hydrogen) atoms. The zero-order valence-corrected chi connectivity index (χ0v) is 16.1. The lowest BCUT2D eigenvalue weighted by Gasteiger charge is -2.31. The molecule has 2 amide bonds. The van der Waals surface area contributed by atoms with E-state index in [1.807, 2.05) is 27.7 Å². The Bertz CT molecular complexity index is 581. The van der Waals surface area contributed by atoms with Crippen LogP contribution in [0.4, 0.5) is 10.1 Å². The van der Waals surface area contributed by atoms with Crippen molar-refractivity contribution in [2.45, 2.75) is 52.5 Å². The number of nitrogens with two attached hydrogens (primary N) is 1. The van der Waals surface area contributed by atoms with Crippen LogP contribution in [0, 0.1) is 11.7 Å². The number of anilines is 1. The van der Waals surface area contributed by atoms with E-state index in [0.29, 0.717) is 25.8 Å². The molecule has 0 aliphatic rings. The maximum absolute atomic E-state index is 14.2. The summed E-state index contributed by atoms with van der Waals surface area (Å²) in [5, 5.41) is 5.42. The third kappa shape index (κ3) is 6.63. The van der Waals surface area contributed by atoms with E-state index in [-0.39, 0.29) is 41.4 Å². The van der Waals surface area contributed by atoms with E-state index in [9.17, 15) is 14.0 Å². The van der Waals surface area contributed by atoms with Crippen LogP contribution >= 0.6 is 12.4 Å². The van der Waals surface area contributed by atoms with Crippen LogP contribution in [0.2, 0.25) is 0 Å². The number of nitrogens with one attached hydrogen (secondary N) is 2. The average molecular weight is 374 g/mol. The zero-order valence-electron chi connectivity index (χ0n) is 15.3. The van der Waals surface area contributed by atoms with Gasteiger partial charge in [0.15, 0.2) is 0 Å². The van der Waals surface area contributed by atoms with Gasteiger partial charge in [0.25, 0.3) is 5.91 Å². The molecule has 0 unspecified atom stereocenters. The number of carbonyl (C=O) groups excluding carboxylic acids is 2. The molecule has 0 heterocycles. The van der Waals surface area contributed by atoms with Gasteiger partial charge in [-0.25, -0.2) is 4.39 Å². The predicted octanol–water partition coefficient (Wildman–Crippen LogP) is 3.48. The van der Waals surface area contributed by atoms with Crippen molar-refractivity contribution in [3.8, 4) is 0 Å². The number of carbonyl (C=O) groups is 2. The maximum atomic E-state index is 14.2. The SMILES string of the molecule is CCC(CC)(CN)NC(=O)c1ccc(NC(=O)CC(C)C)c(F)c1.Cl.